The summed E-state index contributed by atoms with van der Waals surface area (Å²) in [5.74, 6) is -5.26. The zero-order chi connectivity index (χ0) is 17.8. The molecule has 1 fully saturated rings. The Labute approximate surface area is 147 Å². The summed E-state index contributed by atoms with van der Waals surface area (Å²) in [6.07, 6.45) is 3.67. The summed E-state index contributed by atoms with van der Waals surface area (Å²) in [4.78, 5) is 18.8. The van der Waals surface area contributed by atoms with E-state index in [0.717, 1.165) is 37.5 Å². The van der Waals surface area contributed by atoms with Gasteiger partial charge in [-0.15, -0.1) is 11.3 Å². The molecular weight excluding hydrogens is 351 g/mol. The molecule has 0 radical (unpaired) electrons. The van der Waals surface area contributed by atoms with Crippen LogP contribution in [0.4, 0.5) is 13.2 Å². The molecule has 0 unspecified atom stereocenters. The number of carbonyl (C=O) groups excluding carboxylic acids is 1. The van der Waals surface area contributed by atoms with Gasteiger partial charge in [0, 0.05) is 11.9 Å². The van der Waals surface area contributed by atoms with Gasteiger partial charge in [-0.3, -0.25) is 9.69 Å². The van der Waals surface area contributed by atoms with Crippen LogP contribution in [0.15, 0.2) is 17.5 Å². The predicted molar refractivity (Wildman–Crippen MR) is 88.7 cm³/mol. The summed E-state index contributed by atoms with van der Waals surface area (Å²) in [6, 6.07) is 1.65. The number of nitrogens with one attached hydrogen (secondary N) is 1. The fraction of sp³-hybridized carbons (Fsp3) is 0.412. The number of hydrogen-bond donors (Lipinski definition) is 1. The quantitative estimate of drug-likeness (QED) is 0.821. The van der Waals surface area contributed by atoms with E-state index < -0.39 is 28.9 Å². The molecule has 0 spiro atoms. The fourth-order valence-electron chi connectivity index (χ4n) is 2.80. The monoisotopic (exact) mass is 369 g/mol. The van der Waals surface area contributed by atoms with Gasteiger partial charge in [-0.25, -0.2) is 18.2 Å². The molecule has 3 rings (SSSR count). The van der Waals surface area contributed by atoms with Crippen molar-refractivity contribution < 1.29 is 18.0 Å². The van der Waals surface area contributed by atoms with Gasteiger partial charge in [0.15, 0.2) is 17.5 Å². The summed E-state index contributed by atoms with van der Waals surface area (Å²) in [6.45, 7) is 3.03. The number of rotatable bonds is 5. The molecule has 25 heavy (non-hydrogen) atoms. The molecule has 134 valence electrons. The molecule has 1 saturated heterocycles. The molecule has 2 aromatic rings. The largest absolute Gasteiger partial charge is 0.345 e. The molecular formula is C17H18F3N3OS. The molecule has 1 aliphatic heterocycles. The molecule has 1 N–H and O–H groups in total. The lowest BCUT2D eigenvalue weighted by atomic mass is 10.1. The van der Waals surface area contributed by atoms with Gasteiger partial charge in [0.2, 0.25) is 0 Å². The van der Waals surface area contributed by atoms with Crippen LogP contribution in [-0.4, -0.2) is 28.9 Å². The van der Waals surface area contributed by atoms with E-state index in [0.29, 0.717) is 5.01 Å². The maximum Gasteiger partial charge on any atom is 0.254 e. The van der Waals surface area contributed by atoms with E-state index >= 15 is 0 Å². The van der Waals surface area contributed by atoms with Crippen LogP contribution in [0.5, 0.6) is 0 Å². The van der Waals surface area contributed by atoms with Crippen molar-refractivity contribution in [2.75, 3.05) is 13.1 Å². The van der Waals surface area contributed by atoms with Crippen LogP contribution in [0.2, 0.25) is 0 Å². The zero-order valence-electron chi connectivity index (χ0n) is 13.5. The van der Waals surface area contributed by atoms with E-state index in [9.17, 15) is 18.0 Å². The van der Waals surface area contributed by atoms with E-state index in [2.05, 4.69) is 15.2 Å². The van der Waals surface area contributed by atoms with Crippen LogP contribution in [0.1, 0.15) is 40.3 Å². The second kappa shape index (κ2) is 7.97. The average Bonchev–Trinajstić information content (AvgIpc) is 3.06. The Balaban J connectivity index is 1.56. The van der Waals surface area contributed by atoms with Gasteiger partial charge in [0.05, 0.1) is 17.8 Å². The highest BCUT2D eigenvalue weighted by atomic mass is 32.1. The second-order valence-corrected chi connectivity index (χ2v) is 6.92. The Morgan fingerprint density at radius 3 is 2.68 bits per heavy atom. The normalized spacial score (nSPS) is 15.3. The molecule has 1 aromatic carbocycles. The van der Waals surface area contributed by atoms with Crippen molar-refractivity contribution in [3.8, 4) is 0 Å². The maximum atomic E-state index is 13.6. The van der Waals surface area contributed by atoms with E-state index in [4.69, 9.17) is 0 Å². The van der Waals surface area contributed by atoms with Gasteiger partial charge < -0.3 is 5.32 Å². The number of benzene rings is 1. The lowest BCUT2D eigenvalue weighted by molar-refractivity contribution is 0.0945. The fourth-order valence-corrected chi connectivity index (χ4v) is 3.53. The van der Waals surface area contributed by atoms with Gasteiger partial charge >= 0.3 is 0 Å². The molecule has 1 aromatic heterocycles. The minimum absolute atomic E-state index is 0.113. The van der Waals surface area contributed by atoms with Crippen molar-refractivity contribution >= 4 is 17.2 Å². The van der Waals surface area contributed by atoms with E-state index in [1.165, 1.54) is 30.6 Å². The third-order valence-electron chi connectivity index (χ3n) is 4.11. The minimum atomic E-state index is -1.65. The average molecular weight is 369 g/mol. The highest BCUT2D eigenvalue weighted by Gasteiger charge is 2.19. The number of nitrogens with zero attached hydrogens (tertiary/aromatic N) is 2. The topological polar surface area (TPSA) is 45.2 Å². The zero-order valence-corrected chi connectivity index (χ0v) is 14.3. The number of thiazole rings is 1. The van der Waals surface area contributed by atoms with E-state index in [-0.39, 0.29) is 6.54 Å². The number of aromatic nitrogens is 1. The standard InChI is InChI=1S/C17H18F3N3OS/c18-13-5-4-12(15(19)16(13)20)17(24)21-8-14-22-11(10-25-14)9-23-6-2-1-3-7-23/h4-5,10H,1-3,6-9H2,(H,21,24). The number of hydrogen-bond acceptors (Lipinski definition) is 4. The first kappa shape index (κ1) is 17.9. The second-order valence-electron chi connectivity index (χ2n) is 5.97. The first-order chi connectivity index (χ1) is 12.0. The van der Waals surface area contributed by atoms with Crippen LogP contribution in [-0.2, 0) is 13.1 Å². The highest BCUT2D eigenvalue weighted by molar-refractivity contribution is 7.09. The SMILES string of the molecule is O=C(NCc1nc(CN2CCCCC2)cs1)c1ccc(F)c(F)c1F. The Hall–Kier alpha value is -1.93. The maximum absolute atomic E-state index is 13.6. The predicted octanol–water partition coefficient (Wildman–Crippen LogP) is 3.48. The van der Waals surface area contributed by atoms with Gasteiger partial charge in [-0.05, 0) is 38.1 Å². The number of likely N-dealkylation sites (tertiary alicyclic amines) is 1. The van der Waals surface area contributed by atoms with Gasteiger partial charge in [-0.2, -0.15) is 0 Å². The lowest BCUT2D eigenvalue weighted by Crippen LogP contribution is -2.29. The molecule has 1 amide bonds. The van der Waals surface area contributed by atoms with Crippen LogP contribution in [0, 0.1) is 17.5 Å². The van der Waals surface area contributed by atoms with Crippen LogP contribution in [0.25, 0.3) is 0 Å². The van der Waals surface area contributed by atoms with Gasteiger partial charge in [-0.1, -0.05) is 6.42 Å². The van der Waals surface area contributed by atoms with Crippen LogP contribution >= 0.6 is 11.3 Å². The Morgan fingerprint density at radius 2 is 1.92 bits per heavy atom. The molecule has 2 heterocycles. The molecule has 4 nitrogen and oxygen atoms in total. The smallest absolute Gasteiger partial charge is 0.254 e. The van der Waals surface area contributed by atoms with Gasteiger partial charge in [0.1, 0.15) is 5.01 Å². The molecule has 0 saturated carbocycles. The van der Waals surface area contributed by atoms with Crippen molar-refractivity contribution in [1.82, 2.24) is 15.2 Å². The molecule has 0 aliphatic carbocycles. The number of piperidine rings is 1. The summed E-state index contributed by atoms with van der Waals surface area (Å²) in [5.41, 5.74) is 0.416. The van der Waals surface area contributed by atoms with Crippen molar-refractivity contribution in [2.24, 2.45) is 0 Å². The number of carbonyl (C=O) groups is 1. The van der Waals surface area contributed by atoms with Crippen LogP contribution in [0.3, 0.4) is 0 Å². The summed E-state index contributed by atoms with van der Waals surface area (Å²) in [5, 5.41) is 5.11. The third kappa shape index (κ3) is 4.38. The van der Waals surface area contributed by atoms with Crippen molar-refractivity contribution in [3.63, 3.8) is 0 Å². The van der Waals surface area contributed by atoms with Crippen LogP contribution < -0.4 is 5.32 Å². The highest BCUT2D eigenvalue weighted by Crippen LogP contribution is 2.17. The van der Waals surface area contributed by atoms with E-state index in [1.54, 1.807) is 0 Å². The first-order valence-corrected chi connectivity index (χ1v) is 9.00. The lowest BCUT2D eigenvalue weighted by Gasteiger charge is -2.25. The Kier molecular flexibility index (Phi) is 5.70. The summed E-state index contributed by atoms with van der Waals surface area (Å²) >= 11 is 1.40. The van der Waals surface area contributed by atoms with Crippen molar-refractivity contribution in [2.45, 2.75) is 32.4 Å². The first-order valence-electron chi connectivity index (χ1n) is 8.12. The van der Waals surface area contributed by atoms with E-state index in [1.807, 2.05) is 5.38 Å². The van der Waals surface area contributed by atoms with Crippen molar-refractivity contribution in [1.29, 1.82) is 0 Å². The van der Waals surface area contributed by atoms with Gasteiger partial charge in [0.25, 0.3) is 5.91 Å². The summed E-state index contributed by atoms with van der Waals surface area (Å²) in [7, 11) is 0. The summed E-state index contributed by atoms with van der Waals surface area (Å²) < 4.78 is 39.7. The molecule has 1 aliphatic rings. The third-order valence-corrected chi connectivity index (χ3v) is 5.01. The Morgan fingerprint density at radius 1 is 1.16 bits per heavy atom. The minimum Gasteiger partial charge on any atom is -0.345 e. The Bertz CT molecular complexity index is 760. The molecule has 8 heteroatoms. The number of halogens is 3. The molecule has 0 bridgehead atoms. The number of amides is 1. The molecule has 0 atom stereocenters. The van der Waals surface area contributed by atoms with Crippen molar-refractivity contribution in [3.05, 3.63) is 51.2 Å².